The van der Waals surface area contributed by atoms with Crippen LogP contribution >= 0.6 is 0 Å². The molecule has 0 spiro atoms. The number of pyridine rings is 1. The van der Waals surface area contributed by atoms with Crippen molar-refractivity contribution in [2.24, 2.45) is 7.05 Å². The molecule has 0 fully saturated rings. The van der Waals surface area contributed by atoms with Crippen molar-refractivity contribution in [2.45, 2.75) is 13.0 Å². The van der Waals surface area contributed by atoms with E-state index in [2.05, 4.69) is 25.7 Å². The summed E-state index contributed by atoms with van der Waals surface area (Å²) >= 11 is 0. The molecule has 122 valence electrons. The van der Waals surface area contributed by atoms with Crippen LogP contribution in [0.25, 0.3) is 11.4 Å². The third-order valence-electron chi connectivity index (χ3n) is 3.46. The maximum Gasteiger partial charge on any atom is 0.319 e. The van der Waals surface area contributed by atoms with Crippen molar-refractivity contribution in [3.8, 4) is 11.4 Å². The third-order valence-corrected chi connectivity index (χ3v) is 3.46. The molecule has 2 heterocycles. The molecule has 0 aliphatic rings. The van der Waals surface area contributed by atoms with Gasteiger partial charge in [-0.3, -0.25) is 9.67 Å². The Balaban J connectivity index is 1.66. The monoisotopic (exact) mass is 322 g/mol. The molecule has 3 aromatic rings. The number of carbonyl (C=O) groups is 1. The summed E-state index contributed by atoms with van der Waals surface area (Å²) in [7, 11) is 1.81. The van der Waals surface area contributed by atoms with E-state index in [1.54, 1.807) is 17.2 Å². The van der Waals surface area contributed by atoms with E-state index in [0.717, 1.165) is 11.3 Å². The Morgan fingerprint density at radius 1 is 1.17 bits per heavy atom. The molecular formula is C17H18N6O. The molecule has 0 saturated carbocycles. The summed E-state index contributed by atoms with van der Waals surface area (Å²) < 4.78 is 1.64. The lowest BCUT2D eigenvalue weighted by molar-refractivity contribution is 0.249. The second-order valence-corrected chi connectivity index (χ2v) is 5.40. The van der Waals surface area contributed by atoms with Crippen molar-refractivity contribution in [1.82, 2.24) is 25.1 Å². The quantitative estimate of drug-likeness (QED) is 0.773. The summed E-state index contributed by atoms with van der Waals surface area (Å²) in [5.74, 6) is 0.614. The first-order chi connectivity index (χ1) is 11.6. The number of hydrogen-bond donors (Lipinski definition) is 2. The molecule has 0 aliphatic carbocycles. The van der Waals surface area contributed by atoms with Crippen LogP contribution in [0.2, 0.25) is 0 Å². The molecule has 7 heteroatoms. The summed E-state index contributed by atoms with van der Waals surface area (Å²) in [6.45, 7) is 1.89. The van der Waals surface area contributed by atoms with Crippen molar-refractivity contribution in [2.75, 3.05) is 5.32 Å². The second kappa shape index (κ2) is 6.91. The van der Waals surface area contributed by atoms with Gasteiger partial charge in [0.1, 0.15) is 6.33 Å². The average Bonchev–Trinajstić information content (AvgIpc) is 3.02. The number of nitrogens with one attached hydrogen (secondary N) is 2. The van der Waals surface area contributed by atoms with Crippen LogP contribution in [0.5, 0.6) is 0 Å². The highest BCUT2D eigenvalue weighted by atomic mass is 16.2. The highest BCUT2D eigenvalue weighted by molar-refractivity contribution is 5.90. The Hall–Kier alpha value is -3.22. The molecule has 1 atom stereocenters. The fourth-order valence-electron chi connectivity index (χ4n) is 2.28. The second-order valence-electron chi connectivity index (χ2n) is 5.40. The third kappa shape index (κ3) is 3.75. The van der Waals surface area contributed by atoms with Gasteiger partial charge in [0, 0.05) is 24.5 Å². The van der Waals surface area contributed by atoms with Crippen LogP contribution in [-0.4, -0.2) is 25.8 Å². The Labute approximate surface area is 139 Å². The van der Waals surface area contributed by atoms with Crippen LogP contribution in [0.15, 0.2) is 55.0 Å². The minimum Gasteiger partial charge on any atom is -0.330 e. The summed E-state index contributed by atoms with van der Waals surface area (Å²) in [5.41, 5.74) is 2.32. The number of urea groups is 1. The highest BCUT2D eigenvalue weighted by Gasteiger charge is 2.11. The SMILES string of the molecule is C[C@@H](NC(=O)Nc1cccc(-c2ncn(C)n2)c1)c1ccccn1. The van der Waals surface area contributed by atoms with Gasteiger partial charge in [-0.15, -0.1) is 0 Å². The zero-order valence-electron chi connectivity index (χ0n) is 13.5. The lowest BCUT2D eigenvalue weighted by Crippen LogP contribution is -2.31. The van der Waals surface area contributed by atoms with E-state index < -0.39 is 0 Å². The number of anilines is 1. The molecular weight excluding hydrogens is 304 g/mol. The molecule has 0 radical (unpaired) electrons. The van der Waals surface area contributed by atoms with E-state index in [1.165, 1.54) is 0 Å². The van der Waals surface area contributed by atoms with Crippen LogP contribution < -0.4 is 10.6 Å². The summed E-state index contributed by atoms with van der Waals surface area (Å²) in [5, 5.41) is 9.94. The van der Waals surface area contributed by atoms with E-state index in [1.807, 2.05) is 56.4 Å². The van der Waals surface area contributed by atoms with Gasteiger partial charge in [-0.2, -0.15) is 5.10 Å². The minimum atomic E-state index is -0.292. The number of carbonyl (C=O) groups excluding carboxylic acids is 1. The molecule has 3 rings (SSSR count). The largest absolute Gasteiger partial charge is 0.330 e. The first kappa shape index (κ1) is 15.7. The summed E-state index contributed by atoms with van der Waals surface area (Å²) in [6, 6.07) is 12.5. The van der Waals surface area contributed by atoms with E-state index in [4.69, 9.17) is 0 Å². The normalized spacial score (nSPS) is 11.8. The zero-order valence-corrected chi connectivity index (χ0v) is 13.5. The van der Waals surface area contributed by atoms with Crippen molar-refractivity contribution < 1.29 is 4.79 Å². The molecule has 2 N–H and O–H groups in total. The van der Waals surface area contributed by atoms with E-state index >= 15 is 0 Å². The smallest absolute Gasteiger partial charge is 0.319 e. The Kier molecular flexibility index (Phi) is 4.51. The topological polar surface area (TPSA) is 84.7 Å². The Morgan fingerprint density at radius 2 is 2.04 bits per heavy atom. The molecule has 1 aromatic carbocycles. The Morgan fingerprint density at radius 3 is 2.75 bits per heavy atom. The molecule has 2 aromatic heterocycles. The fraction of sp³-hybridized carbons (Fsp3) is 0.176. The number of hydrogen-bond acceptors (Lipinski definition) is 4. The molecule has 0 bridgehead atoms. The van der Waals surface area contributed by atoms with Gasteiger partial charge in [0.15, 0.2) is 5.82 Å². The molecule has 2 amide bonds. The number of aryl methyl sites for hydroxylation is 1. The predicted octanol–water partition coefficient (Wildman–Crippen LogP) is 2.76. The summed E-state index contributed by atoms with van der Waals surface area (Å²) in [6.07, 6.45) is 3.34. The van der Waals surface area contributed by atoms with Crippen LogP contribution in [-0.2, 0) is 7.05 Å². The maximum absolute atomic E-state index is 12.2. The molecule has 0 aliphatic heterocycles. The van der Waals surface area contributed by atoms with Gasteiger partial charge >= 0.3 is 6.03 Å². The number of aromatic nitrogens is 4. The van der Waals surface area contributed by atoms with Gasteiger partial charge in [-0.1, -0.05) is 18.2 Å². The number of amides is 2. The van der Waals surface area contributed by atoms with Gasteiger partial charge in [0.05, 0.1) is 11.7 Å². The lowest BCUT2D eigenvalue weighted by Gasteiger charge is -2.14. The number of rotatable bonds is 4. The standard InChI is InChI=1S/C17H18N6O/c1-12(15-8-3-4-9-18-15)20-17(24)21-14-7-5-6-13(10-14)16-19-11-23(2)22-16/h3-12H,1-2H3,(H2,20,21,24)/t12-/m1/s1. The van der Waals surface area contributed by atoms with Crippen LogP contribution in [0.1, 0.15) is 18.7 Å². The van der Waals surface area contributed by atoms with Crippen molar-refractivity contribution in [1.29, 1.82) is 0 Å². The van der Waals surface area contributed by atoms with Crippen molar-refractivity contribution in [3.05, 3.63) is 60.7 Å². The van der Waals surface area contributed by atoms with Crippen molar-refractivity contribution in [3.63, 3.8) is 0 Å². The van der Waals surface area contributed by atoms with Gasteiger partial charge in [-0.25, -0.2) is 9.78 Å². The van der Waals surface area contributed by atoms with E-state index in [9.17, 15) is 4.79 Å². The molecule has 0 saturated heterocycles. The average molecular weight is 322 g/mol. The fourth-order valence-corrected chi connectivity index (χ4v) is 2.28. The first-order valence-electron chi connectivity index (χ1n) is 7.56. The minimum absolute atomic E-state index is 0.188. The highest BCUT2D eigenvalue weighted by Crippen LogP contribution is 2.19. The van der Waals surface area contributed by atoms with E-state index in [0.29, 0.717) is 11.5 Å². The Bertz CT molecular complexity index is 830. The van der Waals surface area contributed by atoms with Crippen LogP contribution in [0.4, 0.5) is 10.5 Å². The molecule has 24 heavy (non-hydrogen) atoms. The van der Waals surface area contributed by atoms with Gasteiger partial charge in [-0.05, 0) is 31.2 Å². The predicted molar refractivity (Wildman–Crippen MR) is 91.2 cm³/mol. The summed E-state index contributed by atoms with van der Waals surface area (Å²) in [4.78, 5) is 20.6. The van der Waals surface area contributed by atoms with Crippen LogP contribution in [0.3, 0.4) is 0 Å². The first-order valence-corrected chi connectivity index (χ1v) is 7.56. The van der Waals surface area contributed by atoms with Gasteiger partial charge in [0.2, 0.25) is 0 Å². The van der Waals surface area contributed by atoms with Gasteiger partial charge < -0.3 is 10.6 Å². The molecule has 0 unspecified atom stereocenters. The number of benzene rings is 1. The maximum atomic E-state index is 12.2. The lowest BCUT2D eigenvalue weighted by atomic mass is 10.2. The van der Waals surface area contributed by atoms with E-state index in [-0.39, 0.29) is 12.1 Å². The van der Waals surface area contributed by atoms with Crippen molar-refractivity contribution >= 4 is 11.7 Å². The molecule has 7 nitrogen and oxygen atoms in total. The zero-order chi connectivity index (χ0) is 16.9. The number of nitrogens with zero attached hydrogens (tertiary/aromatic N) is 4. The van der Waals surface area contributed by atoms with Crippen LogP contribution in [0, 0.1) is 0 Å². The van der Waals surface area contributed by atoms with Gasteiger partial charge in [0.25, 0.3) is 0 Å².